The molecule has 1 heteroatoms. The molecule has 0 amide bonds. The second kappa shape index (κ2) is 4.57. The maximum Gasteiger partial charge on any atom is 0.115 e. The average Bonchev–Trinajstić information content (AvgIpc) is 2.16. The highest BCUT2D eigenvalue weighted by molar-refractivity contribution is 5.32. The Labute approximate surface area is 79.4 Å². The van der Waals surface area contributed by atoms with Gasteiger partial charge in [-0.3, -0.25) is 0 Å². The molecule has 0 aliphatic heterocycles. The van der Waals surface area contributed by atoms with E-state index in [2.05, 4.69) is 18.8 Å². The van der Waals surface area contributed by atoms with Crippen LogP contribution in [-0.2, 0) is 0 Å². The summed E-state index contributed by atoms with van der Waals surface area (Å²) in [5.41, 5.74) is 1.18. The predicted molar refractivity (Wildman–Crippen MR) is 54.6 cm³/mol. The maximum atomic E-state index is 9.11. The molecule has 0 aliphatic rings. The van der Waals surface area contributed by atoms with E-state index in [-0.39, 0.29) is 0 Å². The average molecular weight is 174 g/mol. The van der Waals surface area contributed by atoms with Crippen LogP contribution in [0, 0.1) is 11.8 Å². The van der Waals surface area contributed by atoms with Crippen LogP contribution in [0.3, 0.4) is 0 Å². The number of phenols is 1. The van der Waals surface area contributed by atoms with Crippen molar-refractivity contribution in [2.75, 3.05) is 0 Å². The fourth-order valence-corrected chi connectivity index (χ4v) is 1.30. The Kier molecular flexibility index (Phi) is 3.40. The van der Waals surface area contributed by atoms with Gasteiger partial charge >= 0.3 is 0 Å². The molecule has 1 rings (SSSR count). The summed E-state index contributed by atoms with van der Waals surface area (Å²) in [5.74, 6) is 6.66. The van der Waals surface area contributed by atoms with Crippen LogP contribution >= 0.6 is 0 Å². The van der Waals surface area contributed by atoms with Gasteiger partial charge in [-0.1, -0.05) is 25.0 Å². The van der Waals surface area contributed by atoms with E-state index in [0.29, 0.717) is 11.7 Å². The van der Waals surface area contributed by atoms with Crippen LogP contribution in [0.15, 0.2) is 24.3 Å². The minimum atomic E-state index is 0.297. The first kappa shape index (κ1) is 9.67. The van der Waals surface area contributed by atoms with E-state index < -0.39 is 0 Å². The van der Waals surface area contributed by atoms with Crippen molar-refractivity contribution in [3.05, 3.63) is 29.8 Å². The second-order valence-electron chi connectivity index (χ2n) is 2.95. The maximum absolute atomic E-state index is 9.11. The van der Waals surface area contributed by atoms with Gasteiger partial charge in [0.2, 0.25) is 0 Å². The molecular weight excluding hydrogens is 160 g/mol. The topological polar surface area (TPSA) is 20.2 Å². The Hall–Kier alpha value is -1.42. The van der Waals surface area contributed by atoms with Gasteiger partial charge in [-0.15, -0.1) is 5.92 Å². The summed E-state index contributed by atoms with van der Waals surface area (Å²) in [6, 6.07) is 7.26. The molecule has 1 aromatic carbocycles. The summed E-state index contributed by atoms with van der Waals surface area (Å²) in [7, 11) is 0. The van der Waals surface area contributed by atoms with Gasteiger partial charge in [0.15, 0.2) is 0 Å². The third-order valence-electron chi connectivity index (χ3n) is 2.02. The Bertz CT molecular complexity index is 313. The lowest BCUT2D eigenvalue weighted by Crippen LogP contribution is -1.92. The molecule has 0 spiro atoms. The normalized spacial score (nSPS) is 11.5. The second-order valence-corrected chi connectivity index (χ2v) is 2.95. The van der Waals surface area contributed by atoms with E-state index in [4.69, 9.17) is 5.11 Å². The molecule has 0 aliphatic carbocycles. The molecule has 1 nitrogen and oxygen atoms in total. The first-order chi connectivity index (χ1) is 6.27. The summed E-state index contributed by atoms with van der Waals surface area (Å²) in [4.78, 5) is 0. The molecule has 0 fully saturated rings. The highest BCUT2D eigenvalue weighted by atomic mass is 16.3. The van der Waals surface area contributed by atoms with Crippen LogP contribution in [0.4, 0.5) is 0 Å². The Morgan fingerprint density at radius 1 is 1.31 bits per heavy atom. The lowest BCUT2D eigenvalue weighted by Gasteiger charge is -2.07. The van der Waals surface area contributed by atoms with E-state index in [9.17, 15) is 0 Å². The van der Waals surface area contributed by atoms with Gasteiger partial charge in [-0.2, -0.15) is 0 Å². The van der Waals surface area contributed by atoms with Gasteiger partial charge in [0.05, 0.1) is 0 Å². The van der Waals surface area contributed by atoms with E-state index in [0.717, 1.165) is 6.42 Å². The summed E-state index contributed by atoms with van der Waals surface area (Å²) >= 11 is 0. The molecule has 1 atom stereocenters. The van der Waals surface area contributed by atoms with Crippen molar-refractivity contribution in [2.45, 2.75) is 26.2 Å². The molecule has 0 radical (unpaired) electrons. The highest BCUT2D eigenvalue weighted by Gasteiger charge is 2.04. The van der Waals surface area contributed by atoms with Crippen LogP contribution in [0.5, 0.6) is 5.75 Å². The van der Waals surface area contributed by atoms with E-state index >= 15 is 0 Å². The molecule has 0 bridgehead atoms. The zero-order chi connectivity index (χ0) is 9.68. The first-order valence-electron chi connectivity index (χ1n) is 4.49. The number of aromatic hydroxyl groups is 1. The number of benzene rings is 1. The first-order valence-corrected chi connectivity index (χ1v) is 4.49. The lowest BCUT2D eigenvalue weighted by atomic mass is 9.97. The van der Waals surface area contributed by atoms with Gasteiger partial charge in [0.25, 0.3) is 0 Å². The largest absolute Gasteiger partial charge is 0.508 e. The van der Waals surface area contributed by atoms with Crippen molar-refractivity contribution in [2.24, 2.45) is 0 Å². The van der Waals surface area contributed by atoms with Crippen molar-refractivity contribution in [1.82, 2.24) is 0 Å². The zero-order valence-electron chi connectivity index (χ0n) is 8.04. The number of phenolic OH excluding ortho intramolecular Hbond substituents is 1. The molecule has 13 heavy (non-hydrogen) atoms. The monoisotopic (exact) mass is 174 g/mol. The van der Waals surface area contributed by atoms with Crippen molar-refractivity contribution < 1.29 is 5.11 Å². The molecule has 1 unspecified atom stereocenters. The number of hydrogen-bond acceptors (Lipinski definition) is 1. The third kappa shape index (κ3) is 2.52. The number of rotatable bonds is 2. The Morgan fingerprint density at radius 3 is 2.38 bits per heavy atom. The van der Waals surface area contributed by atoms with Gasteiger partial charge in [-0.05, 0) is 31.0 Å². The minimum Gasteiger partial charge on any atom is -0.508 e. The SMILES string of the molecule is CC#CC(CC)c1ccc(O)cc1. The Balaban J connectivity index is 2.90. The summed E-state index contributed by atoms with van der Waals surface area (Å²) in [6.07, 6.45) is 1.01. The fraction of sp³-hybridized carbons (Fsp3) is 0.333. The van der Waals surface area contributed by atoms with E-state index in [1.165, 1.54) is 5.56 Å². The Morgan fingerprint density at radius 2 is 1.92 bits per heavy atom. The van der Waals surface area contributed by atoms with Crippen LogP contribution in [-0.4, -0.2) is 5.11 Å². The van der Waals surface area contributed by atoms with Crippen molar-refractivity contribution in [1.29, 1.82) is 0 Å². The van der Waals surface area contributed by atoms with Crippen LogP contribution in [0.25, 0.3) is 0 Å². The molecule has 68 valence electrons. The molecule has 0 heterocycles. The van der Waals surface area contributed by atoms with Crippen LogP contribution in [0.1, 0.15) is 31.7 Å². The molecule has 0 aromatic heterocycles. The highest BCUT2D eigenvalue weighted by Crippen LogP contribution is 2.20. The van der Waals surface area contributed by atoms with E-state index in [1.807, 2.05) is 19.1 Å². The summed E-state index contributed by atoms with van der Waals surface area (Å²) in [6.45, 7) is 3.96. The smallest absolute Gasteiger partial charge is 0.115 e. The van der Waals surface area contributed by atoms with Gasteiger partial charge < -0.3 is 5.11 Å². The minimum absolute atomic E-state index is 0.297. The summed E-state index contributed by atoms with van der Waals surface area (Å²) < 4.78 is 0. The third-order valence-corrected chi connectivity index (χ3v) is 2.02. The van der Waals surface area contributed by atoms with Crippen molar-refractivity contribution >= 4 is 0 Å². The fourth-order valence-electron chi connectivity index (χ4n) is 1.30. The van der Waals surface area contributed by atoms with Gasteiger partial charge in [0, 0.05) is 5.92 Å². The van der Waals surface area contributed by atoms with Crippen molar-refractivity contribution in [3.63, 3.8) is 0 Å². The van der Waals surface area contributed by atoms with Crippen LogP contribution < -0.4 is 0 Å². The standard InChI is InChI=1S/C12H14O/c1-3-5-10(4-2)11-6-8-12(13)9-7-11/h6-10,13H,4H2,1-2H3. The van der Waals surface area contributed by atoms with Crippen LogP contribution in [0.2, 0.25) is 0 Å². The predicted octanol–water partition coefficient (Wildman–Crippen LogP) is 2.91. The van der Waals surface area contributed by atoms with Gasteiger partial charge in [-0.25, -0.2) is 0 Å². The molecule has 0 saturated heterocycles. The molecule has 0 saturated carbocycles. The molecule has 1 N–H and O–H groups in total. The quantitative estimate of drug-likeness (QED) is 0.683. The lowest BCUT2D eigenvalue weighted by molar-refractivity contribution is 0.475. The zero-order valence-corrected chi connectivity index (χ0v) is 8.04. The van der Waals surface area contributed by atoms with E-state index in [1.54, 1.807) is 12.1 Å². The molecule has 1 aromatic rings. The van der Waals surface area contributed by atoms with Crippen molar-refractivity contribution in [3.8, 4) is 17.6 Å². The summed E-state index contributed by atoms with van der Waals surface area (Å²) in [5, 5.41) is 9.11. The number of hydrogen-bond donors (Lipinski definition) is 1. The van der Waals surface area contributed by atoms with Gasteiger partial charge in [0.1, 0.15) is 5.75 Å². The molecular formula is C12H14O.